The standard InChI is InChI=1S/C17H28O3/c1-12(11-17(2,3)4)9-14(18)13-7-8-15(19-5)16(10-13)20-6/h7-8,10,12,14,18H,9,11H2,1-6H3. The molecule has 0 amide bonds. The molecule has 0 saturated carbocycles. The van der Waals surface area contributed by atoms with Gasteiger partial charge in [0, 0.05) is 0 Å². The highest BCUT2D eigenvalue weighted by molar-refractivity contribution is 5.43. The lowest BCUT2D eigenvalue weighted by Gasteiger charge is -2.25. The van der Waals surface area contributed by atoms with Crippen molar-refractivity contribution in [2.45, 2.75) is 46.6 Å². The molecule has 1 rings (SSSR count). The Morgan fingerprint density at radius 1 is 1.10 bits per heavy atom. The third kappa shape index (κ3) is 5.04. The number of ether oxygens (including phenoxy) is 2. The fourth-order valence-electron chi connectivity index (χ4n) is 2.71. The Morgan fingerprint density at radius 2 is 1.70 bits per heavy atom. The summed E-state index contributed by atoms with van der Waals surface area (Å²) in [6.45, 7) is 8.88. The van der Waals surface area contributed by atoms with Gasteiger partial charge < -0.3 is 14.6 Å². The molecule has 0 aliphatic carbocycles. The molecule has 2 atom stereocenters. The molecular weight excluding hydrogens is 252 g/mol. The summed E-state index contributed by atoms with van der Waals surface area (Å²) in [7, 11) is 3.22. The Kier molecular flexibility index (Phi) is 5.88. The molecule has 114 valence electrons. The van der Waals surface area contributed by atoms with Gasteiger partial charge in [-0.3, -0.25) is 0 Å². The van der Waals surface area contributed by atoms with Gasteiger partial charge >= 0.3 is 0 Å². The summed E-state index contributed by atoms with van der Waals surface area (Å²) in [5, 5.41) is 10.4. The SMILES string of the molecule is COc1ccc(C(O)CC(C)CC(C)(C)C)cc1OC. The summed E-state index contributed by atoms with van der Waals surface area (Å²) in [6.07, 6.45) is 1.39. The molecule has 0 spiro atoms. The van der Waals surface area contributed by atoms with Gasteiger partial charge in [0.2, 0.25) is 0 Å². The fraction of sp³-hybridized carbons (Fsp3) is 0.647. The average Bonchev–Trinajstić information content (AvgIpc) is 2.35. The lowest BCUT2D eigenvalue weighted by Crippen LogP contribution is -2.13. The highest BCUT2D eigenvalue weighted by Crippen LogP contribution is 2.34. The Labute approximate surface area is 122 Å². The van der Waals surface area contributed by atoms with E-state index in [0.717, 1.165) is 18.4 Å². The molecule has 1 aromatic rings. The molecule has 1 N–H and O–H groups in total. The third-order valence-corrected chi connectivity index (χ3v) is 3.38. The van der Waals surface area contributed by atoms with Gasteiger partial charge in [0.05, 0.1) is 20.3 Å². The number of aliphatic hydroxyl groups excluding tert-OH is 1. The van der Waals surface area contributed by atoms with Crippen molar-refractivity contribution < 1.29 is 14.6 Å². The largest absolute Gasteiger partial charge is 0.493 e. The molecular formula is C17H28O3. The normalized spacial score (nSPS) is 14.8. The first-order valence-corrected chi connectivity index (χ1v) is 7.17. The molecule has 20 heavy (non-hydrogen) atoms. The first kappa shape index (κ1) is 16.8. The van der Waals surface area contributed by atoms with Crippen molar-refractivity contribution >= 4 is 0 Å². The molecule has 0 aliphatic heterocycles. The van der Waals surface area contributed by atoms with Crippen LogP contribution in [0.15, 0.2) is 18.2 Å². The summed E-state index contributed by atoms with van der Waals surface area (Å²) < 4.78 is 10.5. The molecule has 0 saturated heterocycles. The minimum atomic E-state index is -0.466. The zero-order valence-electron chi connectivity index (χ0n) is 13.6. The van der Waals surface area contributed by atoms with Crippen LogP contribution in [0.4, 0.5) is 0 Å². The van der Waals surface area contributed by atoms with Crippen LogP contribution in [0.2, 0.25) is 0 Å². The summed E-state index contributed by atoms with van der Waals surface area (Å²) >= 11 is 0. The zero-order valence-corrected chi connectivity index (χ0v) is 13.6. The van der Waals surface area contributed by atoms with E-state index in [1.807, 2.05) is 18.2 Å². The van der Waals surface area contributed by atoms with Crippen LogP contribution in [-0.2, 0) is 0 Å². The van der Waals surface area contributed by atoms with E-state index in [2.05, 4.69) is 27.7 Å². The number of hydrogen-bond acceptors (Lipinski definition) is 3. The molecule has 0 bridgehead atoms. The van der Waals surface area contributed by atoms with E-state index in [1.54, 1.807) is 14.2 Å². The van der Waals surface area contributed by atoms with Crippen LogP contribution >= 0.6 is 0 Å². The van der Waals surface area contributed by atoms with Crippen molar-refractivity contribution in [2.75, 3.05) is 14.2 Å². The van der Waals surface area contributed by atoms with Crippen LogP contribution in [-0.4, -0.2) is 19.3 Å². The summed E-state index contributed by atoms with van der Waals surface area (Å²) in [6, 6.07) is 5.59. The maximum Gasteiger partial charge on any atom is 0.161 e. The van der Waals surface area contributed by atoms with Crippen molar-refractivity contribution in [1.82, 2.24) is 0 Å². The third-order valence-electron chi connectivity index (χ3n) is 3.38. The van der Waals surface area contributed by atoms with E-state index < -0.39 is 6.10 Å². The second-order valence-electron chi connectivity index (χ2n) is 6.74. The molecule has 0 heterocycles. The van der Waals surface area contributed by atoms with Gasteiger partial charge in [0.25, 0.3) is 0 Å². The van der Waals surface area contributed by atoms with Gasteiger partial charge in [-0.05, 0) is 41.9 Å². The summed E-state index contributed by atoms with van der Waals surface area (Å²) in [4.78, 5) is 0. The molecule has 0 fully saturated rings. The highest BCUT2D eigenvalue weighted by Gasteiger charge is 2.19. The topological polar surface area (TPSA) is 38.7 Å². The van der Waals surface area contributed by atoms with E-state index in [9.17, 15) is 5.11 Å². The van der Waals surface area contributed by atoms with Crippen LogP contribution in [0.1, 0.15) is 52.2 Å². The Morgan fingerprint density at radius 3 is 2.20 bits per heavy atom. The van der Waals surface area contributed by atoms with Crippen LogP contribution in [0.3, 0.4) is 0 Å². The average molecular weight is 280 g/mol. The van der Waals surface area contributed by atoms with Crippen molar-refractivity contribution in [3.05, 3.63) is 23.8 Å². The second kappa shape index (κ2) is 6.98. The molecule has 3 nitrogen and oxygen atoms in total. The van der Waals surface area contributed by atoms with Crippen LogP contribution in [0.25, 0.3) is 0 Å². The minimum Gasteiger partial charge on any atom is -0.493 e. The quantitative estimate of drug-likeness (QED) is 0.848. The summed E-state index contributed by atoms with van der Waals surface area (Å²) in [5.41, 5.74) is 1.17. The van der Waals surface area contributed by atoms with E-state index >= 15 is 0 Å². The molecule has 2 unspecified atom stereocenters. The Hall–Kier alpha value is -1.22. The van der Waals surface area contributed by atoms with Crippen LogP contribution in [0, 0.1) is 11.3 Å². The number of hydrogen-bond donors (Lipinski definition) is 1. The van der Waals surface area contributed by atoms with Gasteiger partial charge in [-0.25, -0.2) is 0 Å². The van der Waals surface area contributed by atoms with Gasteiger partial charge in [0.15, 0.2) is 11.5 Å². The number of aliphatic hydroxyl groups is 1. The van der Waals surface area contributed by atoms with Crippen molar-refractivity contribution in [1.29, 1.82) is 0 Å². The Bertz CT molecular complexity index is 421. The molecule has 0 radical (unpaired) electrons. The monoisotopic (exact) mass is 280 g/mol. The molecule has 0 aliphatic rings. The summed E-state index contributed by atoms with van der Waals surface area (Å²) in [5.74, 6) is 1.82. The maximum absolute atomic E-state index is 10.4. The number of benzene rings is 1. The molecule has 3 heteroatoms. The number of rotatable bonds is 6. The maximum atomic E-state index is 10.4. The highest BCUT2D eigenvalue weighted by atomic mass is 16.5. The van der Waals surface area contributed by atoms with Gasteiger partial charge in [-0.15, -0.1) is 0 Å². The van der Waals surface area contributed by atoms with Crippen molar-refractivity contribution in [3.63, 3.8) is 0 Å². The van der Waals surface area contributed by atoms with Gasteiger partial charge in [0.1, 0.15) is 0 Å². The zero-order chi connectivity index (χ0) is 15.3. The minimum absolute atomic E-state index is 0.288. The lowest BCUT2D eigenvalue weighted by molar-refractivity contribution is 0.133. The lowest BCUT2D eigenvalue weighted by atomic mass is 9.82. The van der Waals surface area contributed by atoms with Crippen molar-refractivity contribution in [3.8, 4) is 11.5 Å². The molecule has 0 aromatic heterocycles. The van der Waals surface area contributed by atoms with Crippen LogP contribution in [0.5, 0.6) is 11.5 Å². The van der Waals surface area contributed by atoms with E-state index in [-0.39, 0.29) is 5.41 Å². The fourth-order valence-corrected chi connectivity index (χ4v) is 2.71. The second-order valence-corrected chi connectivity index (χ2v) is 6.74. The first-order chi connectivity index (χ1) is 9.26. The van der Waals surface area contributed by atoms with E-state index in [1.165, 1.54) is 0 Å². The Balaban J connectivity index is 2.74. The van der Waals surface area contributed by atoms with E-state index in [4.69, 9.17) is 9.47 Å². The van der Waals surface area contributed by atoms with Gasteiger partial charge in [-0.2, -0.15) is 0 Å². The first-order valence-electron chi connectivity index (χ1n) is 7.17. The van der Waals surface area contributed by atoms with Gasteiger partial charge in [-0.1, -0.05) is 33.8 Å². The van der Waals surface area contributed by atoms with Crippen molar-refractivity contribution in [2.24, 2.45) is 11.3 Å². The number of methoxy groups -OCH3 is 2. The molecule has 1 aromatic carbocycles. The predicted octanol–water partition coefficient (Wildman–Crippen LogP) is 4.20. The smallest absolute Gasteiger partial charge is 0.161 e. The predicted molar refractivity (Wildman–Crippen MR) is 82.4 cm³/mol. The van der Waals surface area contributed by atoms with Crippen LogP contribution < -0.4 is 9.47 Å². The van der Waals surface area contributed by atoms with E-state index in [0.29, 0.717) is 17.4 Å².